The smallest absolute Gasteiger partial charge is 0.340 e. The maximum Gasteiger partial charge on any atom is 0.340 e. The van der Waals surface area contributed by atoms with Crippen LogP contribution >= 0.6 is 0 Å². The standard InChI is InChI=1S/C20H23NO4/c1-3-24-20(23)17-10-4-5-11-18(17)21-19(22)12-7-13-25-16-9-6-8-15(2)14-16/h4-6,8-11,14H,3,7,12-13H2,1-2H3,(H,21,22). The molecule has 0 aromatic heterocycles. The van der Waals surface area contributed by atoms with Crippen LogP contribution in [0.1, 0.15) is 35.7 Å². The number of hydrogen-bond donors (Lipinski definition) is 1. The van der Waals surface area contributed by atoms with Gasteiger partial charge in [-0.2, -0.15) is 0 Å². The van der Waals surface area contributed by atoms with E-state index in [2.05, 4.69) is 5.32 Å². The summed E-state index contributed by atoms with van der Waals surface area (Å²) in [6.45, 7) is 4.49. The van der Waals surface area contributed by atoms with Crippen LogP contribution in [0.4, 0.5) is 5.69 Å². The Bertz CT molecular complexity index is 727. The number of para-hydroxylation sites is 1. The van der Waals surface area contributed by atoms with Gasteiger partial charge in [-0.3, -0.25) is 4.79 Å². The molecule has 0 unspecified atom stereocenters. The predicted octanol–water partition coefficient (Wildman–Crippen LogP) is 3.97. The number of aryl methyl sites for hydroxylation is 1. The highest BCUT2D eigenvalue weighted by Gasteiger charge is 2.13. The Morgan fingerprint density at radius 1 is 1.08 bits per heavy atom. The lowest BCUT2D eigenvalue weighted by Crippen LogP contribution is -2.16. The molecule has 0 fully saturated rings. The number of hydrogen-bond acceptors (Lipinski definition) is 4. The third-order valence-electron chi connectivity index (χ3n) is 3.50. The van der Waals surface area contributed by atoms with Crippen LogP contribution in [0.3, 0.4) is 0 Å². The van der Waals surface area contributed by atoms with Gasteiger partial charge in [-0.15, -0.1) is 0 Å². The van der Waals surface area contributed by atoms with Gasteiger partial charge in [0.15, 0.2) is 0 Å². The number of benzene rings is 2. The zero-order chi connectivity index (χ0) is 18.1. The minimum Gasteiger partial charge on any atom is -0.494 e. The van der Waals surface area contributed by atoms with Gasteiger partial charge in [0.1, 0.15) is 5.75 Å². The summed E-state index contributed by atoms with van der Waals surface area (Å²) in [6, 6.07) is 14.6. The van der Waals surface area contributed by atoms with Crippen molar-refractivity contribution in [3.8, 4) is 5.75 Å². The molecular formula is C20H23NO4. The van der Waals surface area contributed by atoms with Crippen LogP contribution in [0.5, 0.6) is 5.75 Å². The van der Waals surface area contributed by atoms with Crippen LogP contribution in [-0.2, 0) is 9.53 Å². The molecule has 2 rings (SSSR count). The summed E-state index contributed by atoms with van der Waals surface area (Å²) in [5.41, 5.74) is 1.95. The van der Waals surface area contributed by atoms with Gasteiger partial charge in [-0.25, -0.2) is 4.79 Å². The first kappa shape index (κ1) is 18.5. The van der Waals surface area contributed by atoms with Crippen LogP contribution in [0.2, 0.25) is 0 Å². The van der Waals surface area contributed by atoms with Crippen molar-refractivity contribution in [3.05, 3.63) is 59.7 Å². The quantitative estimate of drug-likeness (QED) is 0.583. The molecular weight excluding hydrogens is 318 g/mol. The Morgan fingerprint density at radius 3 is 2.64 bits per heavy atom. The number of rotatable bonds is 8. The van der Waals surface area contributed by atoms with Crippen molar-refractivity contribution >= 4 is 17.6 Å². The van der Waals surface area contributed by atoms with Crippen LogP contribution in [0, 0.1) is 6.92 Å². The topological polar surface area (TPSA) is 64.6 Å². The molecule has 0 radical (unpaired) electrons. The van der Waals surface area contributed by atoms with Gasteiger partial charge >= 0.3 is 5.97 Å². The first-order valence-corrected chi connectivity index (χ1v) is 8.35. The van der Waals surface area contributed by atoms with Crippen molar-refractivity contribution < 1.29 is 19.1 Å². The SMILES string of the molecule is CCOC(=O)c1ccccc1NC(=O)CCCOc1cccc(C)c1. The molecule has 0 heterocycles. The third-order valence-corrected chi connectivity index (χ3v) is 3.50. The van der Waals surface area contributed by atoms with Crippen molar-refractivity contribution in [3.63, 3.8) is 0 Å². The number of ether oxygens (including phenoxy) is 2. The summed E-state index contributed by atoms with van der Waals surface area (Å²) in [6.07, 6.45) is 0.893. The summed E-state index contributed by atoms with van der Waals surface area (Å²) in [4.78, 5) is 24.0. The maximum absolute atomic E-state index is 12.1. The molecule has 0 aliphatic carbocycles. The van der Waals surface area contributed by atoms with Crippen molar-refractivity contribution in [2.75, 3.05) is 18.5 Å². The zero-order valence-corrected chi connectivity index (χ0v) is 14.6. The second kappa shape index (κ2) is 9.47. The van der Waals surface area contributed by atoms with E-state index in [1.807, 2.05) is 31.2 Å². The van der Waals surface area contributed by atoms with Crippen molar-refractivity contribution in [2.45, 2.75) is 26.7 Å². The molecule has 25 heavy (non-hydrogen) atoms. The number of amides is 1. The molecule has 0 saturated heterocycles. The van der Waals surface area contributed by atoms with Crippen LogP contribution in [0.25, 0.3) is 0 Å². The highest BCUT2D eigenvalue weighted by Crippen LogP contribution is 2.17. The maximum atomic E-state index is 12.1. The van der Waals surface area contributed by atoms with Gasteiger partial charge in [-0.1, -0.05) is 24.3 Å². The minimum atomic E-state index is -0.443. The fourth-order valence-electron chi connectivity index (χ4n) is 2.32. The van der Waals surface area contributed by atoms with Crippen LogP contribution < -0.4 is 10.1 Å². The lowest BCUT2D eigenvalue weighted by atomic mass is 10.1. The summed E-state index contributed by atoms with van der Waals surface area (Å²) in [7, 11) is 0. The number of carbonyl (C=O) groups is 2. The van der Waals surface area contributed by atoms with E-state index in [1.165, 1.54) is 0 Å². The molecule has 5 nitrogen and oxygen atoms in total. The summed E-state index contributed by atoms with van der Waals surface area (Å²) in [5, 5.41) is 2.76. The normalized spacial score (nSPS) is 10.2. The van der Waals surface area contributed by atoms with E-state index in [1.54, 1.807) is 31.2 Å². The number of anilines is 1. The Morgan fingerprint density at radius 2 is 1.88 bits per heavy atom. The molecule has 0 aliphatic heterocycles. The van der Waals surface area contributed by atoms with E-state index < -0.39 is 5.97 Å². The molecule has 132 valence electrons. The highest BCUT2D eigenvalue weighted by molar-refractivity contribution is 6.01. The third kappa shape index (κ3) is 5.95. The van der Waals surface area contributed by atoms with Crippen LogP contribution in [-0.4, -0.2) is 25.1 Å². The summed E-state index contributed by atoms with van der Waals surface area (Å²) < 4.78 is 10.6. The zero-order valence-electron chi connectivity index (χ0n) is 14.6. The molecule has 0 spiro atoms. The monoisotopic (exact) mass is 341 g/mol. The fraction of sp³-hybridized carbons (Fsp3) is 0.300. The summed E-state index contributed by atoms with van der Waals surface area (Å²) in [5.74, 6) is 0.193. The molecule has 0 aliphatic rings. The second-order valence-electron chi connectivity index (χ2n) is 5.58. The van der Waals surface area contributed by atoms with Gasteiger partial charge in [0.25, 0.3) is 0 Å². The Kier molecular flexibility index (Phi) is 7.01. The average molecular weight is 341 g/mol. The molecule has 0 atom stereocenters. The Hall–Kier alpha value is -2.82. The minimum absolute atomic E-state index is 0.162. The molecule has 2 aromatic carbocycles. The highest BCUT2D eigenvalue weighted by atomic mass is 16.5. The number of esters is 1. The molecule has 0 bridgehead atoms. The first-order chi connectivity index (χ1) is 12.1. The van der Waals surface area contributed by atoms with Gasteiger partial charge in [-0.05, 0) is 50.1 Å². The van der Waals surface area contributed by atoms with Gasteiger partial charge < -0.3 is 14.8 Å². The van der Waals surface area contributed by atoms with Crippen molar-refractivity contribution in [1.29, 1.82) is 0 Å². The number of carbonyl (C=O) groups excluding carboxylic acids is 2. The van der Waals surface area contributed by atoms with E-state index in [9.17, 15) is 9.59 Å². The van der Waals surface area contributed by atoms with Crippen molar-refractivity contribution in [2.24, 2.45) is 0 Å². The van der Waals surface area contributed by atoms with Gasteiger partial charge in [0.2, 0.25) is 5.91 Å². The lowest BCUT2D eigenvalue weighted by Gasteiger charge is -2.10. The predicted molar refractivity (Wildman–Crippen MR) is 96.9 cm³/mol. The average Bonchev–Trinajstić information content (AvgIpc) is 2.59. The molecule has 1 amide bonds. The molecule has 5 heteroatoms. The van der Waals surface area contributed by atoms with E-state index >= 15 is 0 Å². The van der Waals surface area contributed by atoms with E-state index in [-0.39, 0.29) is 12.5 Å². The van der Waals surface area contributed by atoms with E-state index in [0.29, 0.717) is 30.7 Å². The van der Waals surface area contributed by atoms with Crippen LogP contribution in [0.15, 0.2) is 48.5 Å². The second-order valence-corrected chi connectivity index (χ2v) is 5.58. The van der Waals surface area contributed by atoms with Gasteiger partial charge in [0.05, 0.1) is 24.5 Å². The fourth-order valence-corrected chi connectivity index (χ4v) is 2.32. The number of nitrogens with one attached hydrogen (secondary N) is 1. The largest absolute Gasteiger partial charge is 0.494 e. The van der Waals surface area contributed by atoms with E-state index in [4.69, 9.17) is 9.47 Å². The van der Waals surface area contributed by atoms with Gasteiger partial charge in [0, 0.05) is 6.42 Å². The Balaban J connectivity index is 1.81. The molecule has 0 saturated carbocycles. The molecule has 1 N–H and O–H groups in total. The first-order valence-electron chi connectivity index (χ1n) is 8.35. The summed E-state index contributed by atoms with van der Waals surface area (Å²) >= 11 is 0. The van der Waals surface area contributed by atoms with E-state index in [0.717, 1.165) is 11.3 Å². The molecule has 2 aromatic rings. The Labute approximate surface area is 148 Å². The lowest BCUT2D eigenvalue weighted by molar-refractivity contribution is -0.116. The van der Waals surface area contributed by atoms with Crippen molar-refractivity contribution in [1.82, 2.24) is 0 Å².